The first kappa shape index (κ1) is 9.98. The molecule has 0 saturated heterocycles. The first-order chi connectivity index (χ1) is 6.19. The van der Waals surface area contributed by atoms with Gasteiger partial charge in [-0.05, 0) is 18.4 Å². The summed E-state index contributed by atoms with van der Waals surface area (Å²) < 4.78 is 26.1. The Morgan fingerprint density at radius 2 is 1.92 bits per heavy atom. The van der Waals surface area contributed by atoms with Gasteiger partial charge in [0.25, 0.3) is 0 Å². The lowest BCUT2D eigenvalue weighted by Gasteiger charge is -2.01. The average Bonchev–Trinajstić information content (AvgIpc) is 2.04. The third-order valence-electron chi connectivity index (χ3n) is 1.43. The summed E-state index contributed by atoms with van der Waals surface area (Å²) in [5.74, 6) is -1.30. The molecule has 0 aliphatic carbocycles. The number of oxime groups is 1. The number of benzene rings is 1. The van der Waals surface area contributed by atoms with Crippen molar-refractivity contribution in [3.8, 4) is 0 Å². The van der Waals surface area contributed by atoms with E-state index in [-0.39, 0.29) is 10.5 Å². The standard InChI is InChI=1S/C8H7F2NOS/c1-13-8-6(9)2-5(4-11-12)3-7(8)10/h2-4,12H,1H3. The molecule has 5 heteroatoms. The number of hydrogen-bond donors (Lipinski definition) is 1. The van der Waals surface area contributed by atoms with E-state index in [9.17, 15) is 8.78 Å². The summed E-state index contributed by atoms with van der Waals surface area (Å²) in [5, 5.41) is 10.8. The highest BCUT2D eigenvalue weighted by Crippen LogP contribution is 2.23. The van der Waals surface area contributed by atoms with Gasteiger partial charge in [0.15, 0.2) is 0 Å². The molecule has 0 radical (unpaired) electrons. The van der Waals surface area contributed by atoms with Crippen LogP contribution in [0.1, 0.15) is 5.56 Å². The van der Waals surface area contributed by atoms with E-state index in [0.29, 0.717) is 0 Å². The third kappa shape index (κ3) is 2.18. The van der Waals surface area contributed by atoms with Crippen LogP contribution in [0.2, 0.25) is 0 Å². The van der Waals surface area contributed by atoms with Crippen molar-refractivity contribution in [2.45, 2.75) is 4.90 Å². The Balaban J connectivity index is 3.20. The first-order valence-electron chi connectivity index (χ1n) is 3.39. The largest absolute Gasteiger partial charge is 0.411 e. The van der Waals surface area contributed by atoms with Crippen LogP contribution in [0.4, 0.5) is 8.78 Å². The zero-order valence-corrected chi connectivity index (χ0v) is 7.61. The molecule has 0 spiro atoms. The van der Waals surface area contributed by atoms with Gasteiger partial charge in [-0.2, -0.15) is 0 Å². The monoisotopic (exact) mass is 203 g/mol. The maximum Gasteiger partial charge on any atom is 0.140 e. The van der Waals surface area contributed by atoms with Gasteiger partial charge < -0.3 is 5.21 Å². The van der Waals surface area contributed by atoms with Gasteiger partial charge in [-0.1, -0.05) is 5.16 Å². The lowest BCUT2D eigenvalue weighted by atomic mass is 10.2. The first-order valence-corrected chi connectivity index (χ1v) is 4.62. The van der Waals surface area contributed by atoms with Gasteiger partial charge in [-0.25, -0.2) is 8.78 Å². The summed E-state index contributed by atoms with van der Waals surface area (Å²) in [7, 11) is 0. The molecule has 0 fully saturated rings. The van der Waals surface area contributed by atoms with Crippen LogP contribution in [0.3, 0.4) is 0 Å². The summed E-state index contributed by atoms with van der Waals surface area (Å²) in [6, 6.07) is 2.21. The highest BCUT2D eigenvalue weighted by atomic mass is 32.2. The molecule has 1 N–H and O–H groups in total. The normalized spacial score (nSPS) is 11.0. The van der Waals surface area contributed by atoms with Crippen LogP contribution >= 0.6 is 11.8 Å². The predicted octanol–water partition coefficient (Wildman–Crippen LogP) is 2.49. The van der Waals surface area contributed by atoms with Gasteiger partial charge in [0.05, 0.1) is 11.1 Å². The van der Waals surface area contributed by atoms with Gasteiger partial charge in [-0.15, -0.1) is 11.8 Å². The zero-order valence-electron chi connectivity index (χ0n) is 6.79. The Labute approximate surface area is 78.3 Å². The molecule has 0 heterocycles. The van der Waals surface area contributed by atoms with E-state index in [0.717, 1.165) is 30.1 Å². The van der Waals surface area contributed by atoms with Crippen molar-refractivity contribution in [3.05, 3.63) is 29.3 Å². The minimum Gasteiger partial charge on any atom is -0.411 e. The molecular formula is C8H7F2NOS. The summed E-state index contributed by atoms with van der Waals surface area (Å²) >= 11 is 0.992. The lowest BCUT2D eigenvalue weighted by molar-refractivity contribution is 0.322. The highest BCUT2D eigenvalue weighted by molar-refractivity contribution is 7.98. The van der Waals surface area contributed by atoms with Crippen LogP contribution in [0.5, 0.6) is 0 Å². The van der Waals surface area contributed by atoms with Gasteiger partial charge in [0.2, 0.25) is 0 Å². The van der Waals surface area contributed by atoms with Crippen molar-refractivity contribution in [1.29, 1.82) is 0 Å². The summed E-state index contributed by atoms with van der Waals surface area (Å²) in [5.41, 5.74) is 0.190. The molecular weight excluding hydrogens is 196 g/mol. The predicted molar refractivity (Wildman–Crippen MR) is 47.5 cm³/mol. The minimum absolute atomic E-state index is 0.0323. The fourth-order valence-electron chi connectivity index (χ4n) is 0.916. The Kier molecular flexibility index (Phi) is 3.25. The van der Waals surface area contributed by atoms with Gasteiger partial charge in [-0.3, -0.25) is 0 Å². The topological polar surface area (TPSA) is 32.6 Å². The van der Waals surface area contributed by atoms with E-state index < -0.39 is 11.6 Å². The number of nitrogens with zero attached hydrogens (tertiary/aromatic N) is 1. The maximum atomic E-state index is 13.0. The average molecular weight is 203 g/mol. The minimum atomic E-state index is -0.651. The van der Waals surface area contributed by atoms with Gasteiger partial charge >= 0.3 is 0 Å². The number of halogens is 2. The fraction of sp³-hybridized carbons (Fsp3) is 0.125. The Hall–Kier alpha value is -1.10. The SMILES string of the molecule is CSc1c(F)cc(C=NO)cc1F. The van der Waals surface area contributed by atoms with Crippen LogP contribution in [0.25, 0.3) is 0 Å². The molecule has 0 aliphatic rings. The molecule has 0 amide bonds. The Morgan fingerprint density at radius 1 is 1.38 bits per heavy atom. The quantitative estimate of drug-likeness (QED) is 0.346. The second kappa shape index (κ2) is 4.23. The van der Waals surface area contributed by atoms with Crippen molar-refractivity contribution in [2.75, 3.05) is 6.26 Å². The molecule has 0 bridgehead atoms. The van der Waals surface area contributed by atoms with Crippen molar-refractivity contribution in [2.24, 2.45) is 5.16 Å². The molecule has 2 nitrogen and oxygen atoms in total. The van der Waals surface area contributed by atoms with Crippen molar-refractivity contribution < 1.29 is 14.0 Å². The smallest absolute Gasteiger partial charge is 0.140 e. The van der Waals surface area contributed by atoms with Crippen LogP contribution in [0.15, 0.2) is 22.2 Å². The highest BCUT2D eigenvalue weighted by Gasteiger charge is 2.08. The number of rotatable bonds is 2. The van der Waals surface area contributed by atoms with Crippen LogP contribution in [0, 0.1) is 11.6 Å². The summed E-state index contributed by atoms with van der Waals surface area (Å²) in [6.45, 7) is 0. The maximum absolute atomic E-state index is 13.0. The van der Waals surface area contributed by atoms with E-state index >= 15 is 0 Å². The second-order valence-electron chi connectivity index (χ2n) is 2.26. The molecule has 0 aromatic heterocycles. The van der Waals surface area contributed by atoms with E-state index in [1.165, 1.54) is 0 Å². The van der Waals surface area contributed by atoms with Crippen LogP contribution < -0.4 is 0 Å². The van der Waals surface area contributed by atoms with Crippen LogP contribution in [-0.2, 0) is 0 Å². The van der Waals surface area contributed by atoms with Crippen molar-refractivity contribution >= 4 is 18.0 Å². The Bertz CT molecular complexity index is 318. The summed E-state index contributed by atoms with van der Waals surface area (Å²) in [4.78, 5) is -0.0323. The lowest BCUT2D eigenvalue weighted by Crippen LogP contribution is -1.91. The molecule has 1 aromatic rings. The fourth-order valence-corrected chi connectivity index (χ4v) is 1.42. The molecule has 0 aliphatic heterocycles. The molecule has 70 valence electrons. The van der Waals surface area contributed by atoms with Crippen LogP contribution in [-0.4, -0.2) is 17.7 Å². The number of thioether (sulfide) groups is 1. The van der Waals surface area contributed by atoms with Gasteiger partial charge in [0, 0.05) is 5.56 Å². The molecule has 0 unspecified atom stereocenters. The zero-order chi connectivity index (χ0) is 9.84. The summed E-state index contributed by atoms with van der Waals surface area (Å²) in [6.07, 6.45) is 2.55. The van der Waals surface area contributed by atoms with Crippen molar-refractivity contribution in [3.63, 3.8) is 0 Å². The number of hydrogen-bond acceptors (Lipinski definition) is 3. The molecule has 1 rings (SSSR count). The van der Waals surface area contributed by atoms with E-state index in [4.69, 9.17) is 5.21 Å². The van der Waals surface area contributed by atoms with E-state index in [1.54, 1.807) is 6.26 Å². The van der Waals surface area contributed by atoms with E-state index in [2.05, 4.69) is 5.16 Å². The molecule has 0 atom stereocenters. The molecule has 13 heavy (non-hydrogen) atoms. The third-order valence-corrected chi connectivity index (χ3v) is 2.23. The molecule has 0 saturated carbocycles. The Morgan fingerprint density at radius 3 is 2.31 bits per heavy atom. The van der Waals surface area contributed by atoms with Crippen molar-refractivity contribution in [1.82, 2.24) is 0 Å². The van der Waals surface area contributed by atoms with Gasteiger partial charge in [0.1, 0.15) is 11.6 Å². The second-order valence-corrected chi connectivity index (χ2v) is 3.08. The van der Waals surface area contributed by atoms with E-state index in [1.807, 2.05) is 0 Å². The molecule has 1 aromatic carbocycles.